The fraction of sp³-hybridized carbons (Fsp3) is 0.250. The summed E-state index contributed by atoms with van der Waals surface area (Å²) in [4.78, 5) is 4.36. The SMILES string of the molecule is NCc1csc(CCOc2cccc(Cl)c2)n1. The molecule has 1 aromatic heterocycles. The predicted molar refractivity (Wildman–Crippen MR) is 70.7 cm³/mol. The fourth-order valence-electron chi connectivity index (χ4n) is 1.37. The van der Waals surface area contributed by atoms with Crippen molar-refractivity contribution in [1.29, 1.82) is 0 Å². The van der Waals surface area contributed by atoms with Gasteiger partial charge in [-0.05, 0) is 18.2 Å². The van der Waals surface area contributed by atoms with Crippen molar-refractivity contribution in [2.24, 2.45) is 5.73 Å². The normalized spacial score (nSPS) is 10.5. The molecule has 5 heteroatoms. The van der Waals surface area contributed by atoms with Gasteiger partial charge in [-0.15, -0.1) is 11.3 Å². The molecule has 0 aliphatic rings. The second-order valence-corrected chi connectivity index (χ2v) is 4.87. The number of ether oxygens (including phenoxy) is 1. The number of rotatable bonds is 5. The lowest BCUT2D eigenvalue weighted by molar-refractivity contribution is 0.321. The van der Waals surface area contributed by atoms with Gasteiger partial charge in [0.15, 0.2) is 0 Å². The monoisotopic (exact) mass is 268 g/mol. The average Bonchev–Trinajstić information content (AvgIpc) is 2.77. The average molecular weight is 269 g/mol. The summed E-state index contributed by atoms with van der Waals surface area (Å²) in [6.45, 7) is 1.09. The van der Waals surface area contributed by atoms with E-state index in [9.17, 15) is 0 Å². The van der Waals surface area contributed by atoms with Gasteiger partial charge in [-0.1, -0.05) is 17.7 Å². The van der Waals surface area contributed by atoms with Crippen molar-refractivity contribution in [2.45, 2.75) is 13.0 Å². The van der Waals surface area contributed by atoms with Crippen molar-refractivity contribution in [1.82, 2.24) is 4.98 Å². The van der Waals surface area contributed by atoms with E-state index < -0.39 is 0 Å². The van der Waals surface area contributed by atoms with Crippen LogP contribution >= 0.6 is 22.9 Å². The summed E-state index contributed by atoms with van der Waals surface area (Å²) in [6, 6.07) is 7.38. The Bertz CT molecular complexity index is 487. The molecule has 0 bridgehead atoms. The fourth-order valence-corrected chi connectivity index (χ4v) is 2.34. The first kappa shape index (κ1) is 12.4. The maximum Gasteiger partial charge on any atom is 0.120 e. The molecule has 0 saturated heterocycles. The van der Waals surface area contributed by atoms with Gasteiger partial charge < -0.3 is 10.5 Å². The number of aromatic nitrogens is 1. The van der Waals surface area contributed by atoms with Crippen LogP contribution in [0.2, 0.25) is 5.02 Å². The third-order valence-electron chi connectivity index (χ3n) is 2.19. The number of thiazole rings is 1. The van der Waals surface area contributed by atoms with Gasteiger partial charge in [0.2, 0.25) is 0 Å². The molecule has 0 radical (unpaired) electrons. The van der Waals surface area contributed by atoms with Crippen molar-refractivity contribution in [2.75, 3.05) is 6.61 Å². The number of benzene rings is 1. The molecule has 3 nitrogen and oxygen atoms in total. The number of hydrogen-bond acceptors (Lipinski definition) is 4. The van der Waals surface area contributed by atoms with Gasteiger partial charge in [0.05, 0.1) is 17.3 Å². The number of nitrogens with two attached hydrogens (primary N) is 1. The van der Waals surface area contributed by atoms with Crippen LogP contribution in [0.25, 0.3) is 0 Å². The van der Waals surface area contributed by atoms with Gasteiger partial charge in [0.25, 0.3) is 0 Å². The van der Waals surface area contributed by atoms with E-state index in [0.717, 1.165) is 22.9 Å². The molecule has 0 amide bonds. The molecule has 2 rings (SSSR count). The Morgan fingerprint density at radius 1 is 1.41 bits per heavy atom. The highest BCUT2D eigenvalue weighted by Crippen LogP contribution is 2.17. The Kier molecular flexibility index (Phi) is 4.36. The summed E-state index contributed by atoms with van der Waals surface area (Å²) < 4.78 is 5.58. The lowest BCUT2D eigenvalue weighted by Crippen LogP contribution is -2.02. The Morgan fingerprint density at radius 3 is 3.00 bits per heavy atom. The zero-order valence-corrected chi connectivity index (χ0v) is 10.8. The summed E-state index contributed by atoms with van der Waals surface area (Å²) in [5.74, 6) is 0.785. The quantitative estimate of drug-likeness (QED) is 0.907. The molecule has 0 aliphatic carbocycles. The Balaban J connectivity index is 1.83. The van der Waals surface area contributed by atoms with Crippen molar-refractivity contribution < 1.29 is 4.74 Å². The van der Waals surface area contributed by atoms with Gasteiger partial charge in [-0.3, -0.25) is 0 Å². The minimum atomic E-state index is 0.492. The summed E-state index contributed by atoms with van der Waals surface area (Å²) in [5, 5.41) is 3.71. The number of hydrogen-bond donors (Lipinski definition) is 1. The lowest BCUT2D eigenvalue weighted by Gasteiger charge is -2.04. The van der Waals surface area contributed by atoms with Crippen LogP contribution in [-0.2, 0) is 13.0 Å². The number of nitrogens with zero attached hydrogens (tertiary/aromatic N) is 1. The van der Waals surface area contributed by atoms with Crippen LogP contribution in [0.5, 0.6) is 5.75 Å². The van der Waals surface area contributed by atoms with Gasteiger partial charge in [0, 0.05) is 23.4 Å². The molecule has 0 unspecified atom stereocenters. The molecule has 1 heterocycles. The van der Waals surface area contributed by atoms with Crippen molar-refractivity contribution in [3.63, 3.8) is 0 Å². The van der Waals surface area contributed by atoms with Crippen LogP contribution in [-0.4, -0.2) is 11.6 Å². The minimum Gasteiger partial charge on any atom is -0.493 e. The maximum atomic E-state index is 5.86. The molecule has 0 fully saturated rings. The second-order valence-electron chi connectivity index (χ2n) is 3.49. The third-order valence-corrected chi connectivity index (χ3v) is 3.38. The first-order chi connectivity index (χ1) is 8.28. The van der Waals surface area contributed by atoms with Gasteiger partial charge in [-0.2, -0.15) is 0 Å². The van der Waals surface area contributed by atoms with Gasteiger partial charge in [-0.25, -0.2) is 4.98 Å². The van der Waals surface area contributed by atoms with Crippen molar-refractivity contribution in [3.05, 3.63) is 45.4 Å². The summed E-state index contributed by atoms with van der Waals surface area (Å²) >= 11 is 7.47. The van der Waals surface area contributed by atoms with Gasteiger partial charge in [0.1, 0.15) is 5.75 Å². The Morgan fingerprint density at radius 2 is 2.29 bits per heavy atom. The number of halogens is 1. The van der Waals surface area contributed by atoms with E-state index in [4.69, 9.17) is 22.1 Å². The molecule has 1 aromatic carbocycles. The van der Waals surface area contributed by atoms with E-state index >= 15 is 0 Å². The molecular weight excluding hydrogens is 256 g/mol. The highest BCUT2D eigenvalue weighted by molar-refractivity contribution is 7.09. The van der Waals surface area contributed by atoms with Crippen LogP contribution in [0, 0.1) is 0 Å². The van der Waals surface area contributed by atoms with E-state index in [-0.39, 0.29) is 0 Å². The maximum absolute atomic E-state index is 5.86. The molecule has 0 atom stereocenters. The summed E-state index contributed by atoms with van der Waals surface area (Å²) in [7, 11) is 0. The van der Waals surface area contributed by atoms with E-state index in [1.165, 1.54) is 0 Å². The van der Waals surface area contributed by atoms with Crippen LogP contribution in [0.3, 0.4) is 0 Å². The first-order valence-electron chi connectivity index (χ1n) is 5.29. The molecule has 0 saturated carbocycles. The zero-order chi connectivity index (χ0) is 12.1. The molecular formula is C12H13ClN2OS. The molecule has 2 aromatic rings. The highest BCUT2D eigenvalue weighted by atomic mass is 35.5. The molecule has 0 aliphatic heterocycles. The van der Waals surface area contributed by atoms with Crippen LogP contribution in [0.4, 0.5) is 0 Å². The first-order valence-corrected chi connectivity index (χ1v) is 6.55. The van der Waals surface area contributed by atoms with E-state index in [1.54, 1.807) is 17.4 Å². The zero-order valence-electron chi connectivity index (χ0n) is 9.23. The molecule has 17 heavy (non-hydrogen) atoms. The standard InChI is InChI=1S/C12H13ClN2OS/c13-9-2-1-3-11(6-9)16-5-4-12-15-10(7-14)8-17-12/h1-3,6,8H,4-5,7,14H2. The van der Waals surface area contributed by atoms with Crippen molar-refractivity contribution in [3.8, 4) is 5.75 Å². The second kappa shape index (κ2) is 6.00. The topological polar surface area (TPSA) is 48.1 Å². The lowest BCUT2D eigenvalue weighted by atomic mass is 10.3. The smallest absolute Gasteiger partial charge is 0.120 e. The van der Waals surface area contributed by atoms with Crippen LogP contribution in [0.1, 0.15) is 10.7 Å². The van der Waals surface area contributed by atoms with Crippen LogP contribution < -0.4 is 10.5 Å². The molecule has 90 valence electrons. The minimum absolute atomic E-state index is 0.492. The summed E-state index contributed by atoms with van der Waals surface area (Å²) in [5.41, 5.74) is 6.44. The van der Waals surface area contributed by atoms with Gasteiger partial charge >= 0.3 is 0 Å². The third kappa shape index (κ3) is 3.70. The Labute approximate surface area is 109 Å². The predicted octanol–water partition coefficient (Wildman–Crippen LogP) is 2.88. The molecule has 2 N–H and O–H groups in total. The van der Waals surface area contributed by atoms with E-state index in [1.807, 2.05) is 23.6 Å². The van der Waals surface area contributed by atoms with Crippen molar-refractivity contribution >= 4 is 22.9 Å². The highest BCUT2D eigenvalue weighted by Gasteiger charge is 2.01. The van der Waals surface area contributed by atoms with E-state index in [0.29, 0.717) is 18.2 Å². The van der Waals surface area contributed by atoms with E-state index in [2.05, 4.69) is 4.98 Å². The Hall–Kier alpha value is -1.10. The summed E-state index contributed by atoms with van der Waals surface area (Å²) in [6.07, 6.45) is 0.789. The largest absolute Gasteiger partial charge is 0.493 e. The molecule has 0 spiro atoms. The van der Waals surface area contributed by atoms with Crippen LogP contribution in [0.15, 0.2) is 29.6 Å².